The number of benzene rings is 1. The van der Waals surface area contributed by atoms with Gasteiger partial charge in [0.15, 0.2) is 0 Å². The quantitative estimate of drug-likeness (QED) is 0.746. The van der Waals surface area contributed by atoms with Crippen LogP contribution in [0, 0.1) is 5.82 Å². The van der Waals surface area contributed by atoms with Crippen molar-refractivity contribution in [2.24, 2.45) is 0 Å². The largest absolute Gasteiger partial charge is 0.496 e. The molecular formula is C12H14FNO3. The lowest BCUT2D eigenvalue weighted by molar-refractivity contribution is -0.143. The minimum atomic E-state index is -0.615. The van der Waals surface area contributed by atoms with E-state index in [2.05, 4.69) is 0 Å². The van der Waals surface area contributed by atoms with E-state index in [4.69, 9.17) is 4.74 Å². The summed E-state index contributed by atoms with van der Waals surface area (Å²) in [5.74, 6) is -1.10. The van der Waals surface area contributed by atoms with Crippen LogP contribution in [0.3, 0.4) is 0 Å². The van der Waals surface area contributed by atoms with E-state index in [1.165, 1.54) is 44.2 Å². The molecule has 0 aliphatic rings. The van der Waals surface area contributed by atoms with Crippen molar-refractivity contribution in [3.05, 3.63) is 29.6 Å². The van der Waals surface area contributed by atoms with Crippen LogP contribution in [0.4, 0.5) is 4.39 Å². The Labute approximate surface area is 99.0 Å². The third kappa shape index (κ3) is 3.27. The molecule has 0 aliphatic carbocycles. The van der Waals surface area contributed by atoms with Gasteiger partial charge in [-0.25, -0.2) is 4.39 Å². The number of rotatable bonds is 4. The Hall–Kier alpha value is -1.91. The fourth-order valence-electron chi connectivity index (χ4n) is 1.47. The Morgan fingerprint density at radius 1 is 1.41 bits per heavy atom. The third-order valence-corrected chi connectivity index (χ3v) is 2.30. The first-order valence-electron chi connectivity index (χ1n) is 5.04. The average molecular weight is 239 g/mol. The second kappa shape index (κ2) is 5.43. The molecule has 17 heavy (non-hydrogen) atoms. The van der Waals surface area contributed by atoms with Crippen molar-refractivity contribution in [3.63, 3.8) is 0 Å². The number of carbonyl (C=O) groups excluding carboxylic acids is 2. The van der Waals surface area contributed by atoms with Gasteiger partial charge in [0.2, 0.25) is 5.78 Å². The molecule has 0 spiro atoms. The number of likely N-dealkylation sites (N-methyl/N-ethyl adjacent to an activating group) is 1. The Balaban J connectivity index is 2.90. The fraction of sp³-hybridized carbons (Fsp3) is 0.333. The highest BCUT2D eigenvalue weighted by Gasteiger charge is 2.16. The molecule has 4 nitrogen and oxygen atoms in total. The summed E-state index contributed by atoms with van der Waals surface area (Å²) in [6, 6.07) is 4.04. The van der Waals surface area contributed by atoms with E-state index < -0.39 is 17.5 Å². The molecule has 0 atom stereocenters. The van der Waals surface area contributed by atoms with Gasteiger partial charge in [0, 0.05) is 26.1 Å². The van der Waals surface area contributed by atoms with Gasteiger partial charge in [-0.3, -0.25) is 9.59 Å². The fourth-order valence-corrected chi connectivity index (χ4v) is 1.47. The van der Waals surface area contributed by atoms with Crippen LogP contribution < -0.4 is 4.74 Å². The summed E-state index contributed by atoms with van der Waals surface area (Å²) in [6.07, 6.45) is 0. The second-order valence-electron chi connectivity index (χ2n) is 3.67. The van der Waals surface area contributed by atoms with Crippen molar-refractivity contribution in [2.75, 3.05) is 14.2 Å². The predicted octanol–water partition coefficient (Wildman–Crippen LogP) is 1.38. The van der Waals surface area contributed by atoms with E-state index in [9.17, 15) is 14.0 Å². The number of ether oxygens (including phenoxy) is 1. The van der Waals surface area contributed by atoms with Gasteiger partial charge in [-0.1, -0.05) is 0 Å². The van der Waals surface area contributed by atoms with E-state index in [1.54, 1.807) is 0 Å². The van der Waals surface area contributed by atoms with Gasteiger partial charge in [0.1, 0.15) is 11.6 Å². The van der Waals surface area contributed by atoms with Crippen LogP contribution in [0.5, 0.6) is 5.75 Å². The lowest BCUT2D eigenvalue weighted by atomic mass is 10.2. The summed E-state index contributed by atoms with van der Waals surface area (Å²) in [4.78, 5) is 23.5. The molecule has 1 aromatic rings. The smallest absolute Gasteiger partial charge is 0.289 e. The number of nitrogens with zero attached hydrogens (tertiary/aromatic N) is 1. The highest BCUT2D eigenvalue weighted by atomic mass is 19.1. The minimum Gasteiger partial charge on any atom is -0.496 e. The summed E-state index contributed by atoms with van der Waals surface area (Å²) < 4.78 is 18.1. The van der Waals surface area contributed by atoms with Crippen molar-refractivity contribution in [1.29, 1.82) is 0 Å². The van der Waals surface area contributed by atoms with Crippen LogP contribution in [-0.2, 0) is 16.1 Å². The molecular weight excluding hydrogens is 225 g/mol. The zero-order valence-corrected chi connectivity index (χ0v) is 9.99. The molecule has 0 unspecified atom stereocenters. The highest BCUT2D eigenvalue weighted by molar-refractivity contribution is 6.34. The number of hydrogen-bond donors (Lipinski definition) is 0. The van der Waals surface area contributed by atoms with E-state index in [0.29, 0.717) is 11.3 Å². The number of carbonyl (C=O) groups is 2. The molecule has 0 saturated carbocycles. The van der Waals surface area contributed by atoms with Gasteiger partial charge < -0.3 is 9.64 Å². The number of Topliss-reactive ketones (excluding diaryl/α,β-unsaturated/α-hetero) is 1. The van der Waals surface area contributed by atoms with Gasteiger partial charge >= 0.3 is 0 Å². The van der Waals surface area contributed by atoms with Gasteiger partial charge in [-0.05, 0) is 18.2 Å². The van der Waals surface area contributed by atoms with Crippen LogP contribution in [0.25, 0.3) is 0 Å². The number of methoxy groups -OCH3 is 1. The first-order chi connectivity index (χ1) is 7.95. The maximum atomic E-state index is 13.1. The summed E-state index contributed by atoms with van der Waals surface area (Å²) in [6.45, 7) is 1.32. The number of ketones is 1. The lowest BCUT2D eigenvalue weighted by Crippen LogP contribution is -2.31. The Morgan fingerprint density at radius 3 is 2.59 bits per heavy atom. The molecule has 0 N–H and O–H groups in total. The second-order valence-corrected chi connectivity index (χ2v) is 3.67. The summed E-state index contributed by atoms with van der Waals surface area (Å²) in [5, 5.41) is 0. The van der Waals surface area contributed by atoms with Gasteiger partial charge in [-0.15, -0.1) is 0 Å². The molecule has 0 saturated heterocycles. The normalized spacial score (nSPS) is 9.88. The number of hydrogen-bond acceptors (Lipinski definition) is 3. The molecule has 1 rings (SSSR count). The molecule has 0 bridgehead atoms. The zero-order chi connectivity index (χ0) is 13.0. The van der Waals surface area contributed by atoms with E-state index >= 15 is 0 Å². The average Bonchev–Trinajstić information content (AvgIpc) is 2.28. The number of halogens is 1. The van der Waals surface area contributed by atoms with Crippen molar-refractivity contribution in [1.82, 2.24) is 4.90 Å². The SMILES string of the molecule is COc1ccc(F)cc1CN(C)C(=O)C(C)=O. The van der Waals surface area contributed by atoms with Gasteiger partial charge in [0.05, 0.1) is 7.11 Å². The molecule has 1 aromatic carbocycles. The van der Waals surface area contributed by atoms with E-state index in [-0.39, 0.29) is 6.54 Å². The molecule has 5 heteroatoms. The van der Waals surface area contributed by atoms with E-state index in [1.807, 2.05) is 0 Å². The first kappa shape index (κ1) is 13.2. The first-order valence-corrected chi connectivity index (χ1v) is 5.04. The maximum absolute atomic E-state index is 13.1. The Bertz CT molecular complexity index is 445. The van der Waals surface area contributed by atoms with E-state index in [0.717, 1.165) is 0 Å². The van der Waals surface area contributed by atoms with Gasteiger partial charge in [0.25, 0.3) is 5.91 Å². The van der Waals surface area contributed by atoms with Crippen molar-refractivity contribution in [3.8, 4) is 5.75 Å². The van der Waals surface area contributed by atoms with Crippen LogP contribution >= 0.6 is 0 Å². The Morgan fingerprint density at radius 2 is 2.06 bits per heavy atom. The third-order valence-electron chi connectivity index (χ3n) is 2.30. The molecule has 1 amide bonds. The lowest BCUT2D eigenvalue weighted by Gasteiger charge is -2.17. The van der Waals surface area contributed by atoms with Crippen molar-refractivity contribution >= 4 is 11.7 Å². The van der Waals surface area contributed by atoms with Crippen LogP contribution in [0.2, 0.25) is 0 Å². The highest BCUT2D eigenvalue weighted by Crippen LogP contribution is 2.20. The van der Waals surface area contributed by atoms with Crippen LogP contribution in [0.15, 0.2) is 18.2 Å². The van der Waals surface area contributed by atoms with Crippen LogP contribution in [-0.4, -0.2) is 30.7 Å². The maximum Gasteiger partial charge on any atom is 0.289 e. The number of amides is 1. The molecule has 0 radical (unpaired) electrons. The van der Waals surface area contributed by atoms with Gasteiger partial charge in [-0.2, -0.15) is 0 Å². The molecule has 92 valence electrons. The topological polar surface area (TPSA) is 46.6 Å². The van der Waals surface area contributed by atoms with Crippen molar-refractivity contribution < 1.29 is 18.7 Å². The zero-order valence-electron chi connectivity index (χ0n) is 9.99. The predicted molar refractivity (Wildman–Crippen MR) is 60.1 cm³/mol. The molecule has 0 fully saturated rings. The molecule has 0 heterocycles. The standard InChI is InChI=1S/C12H14FNO3/c1-8(15)12(16)14(2)7-9-6-10(13)4-5-11(9)17-3/h4-6H,7H2,1-3H3. The van der Waals surface area contributed by atoms with Crippen molar-refractivity contribution in [2.45, 2.75) is 13.5 Å². The molecule has 0 aliphatic heterocycles. The Kier molecular flexibility index (Phi) is 4.20. The summed E-state index contributed by atoms with van der Waals surface area (Å²) >= 11 is 0. The summed E-state index contributed by atoms with van der Waals surface area (Å²) in [5.41, 5.74) is 0.518. The summed E-state index contributed by atoms with van der Waals surface area (Å²) in [7, 11) is 2.94. The van der Waals surface area contributed by atoms with Crippen LogP contribution in [0.1, 0.15) is 12.5 Å². The molecule has 0 aromatic heterocycles. The monoisotopic (exact) mass is 239 g/mol. The minimum absolute atomic E-state index is 0.124.